The minimum absolute atomic E-state index is 0.320. The fourth-order valence-electron chi connectivity index (χ4n) is 1.20. The Morgan fingerprint density at radius 3 is 2.79 bits per heavy atom. The van der Waals surface area contributed by atoms with Gasteiger partial charge in [-0.3, -0.25) is 4.98 Å². The Morgan fingerprint density at radius 1 is 1.36 bits per heavy atom. The highest BCUT2D eigenvalue weighted by atomic mass is 16.3. The van der Waals surface area contributed by atoms with Crippen LogP contribution in [0.1, 0.15) is 25.7 Å². The van der Waals surface area contributed by atoms with Crippen molar-refractivity contribution in [1.82, 2.24) is 9.97 Å². The SMILES string of the molecule is CC(C)c1nc(-c2cccnc2)co1. The van der Waals surface area contributed by atoms with Gasteiger partial charge in [-0.05, 0) is 12.1 Å². The fourth-order valence-corrected chi connectivity index (χ4v) is 1.20. The Labute approximate surface area is 82.8 Å². The lowest BCUT2D eigenvalue weighted by molar-refractivity contribution is 0.471. The normalized spacial score (nSPS) is 10.8. The molecule has 0 saturated carbocycles. The van der Waals surface area contributed by atoms with Crippen LogP contribution in [0, 0.1) is 0 Å². The summed E-state index contributed by atoms with van der Waals surface area (Å²) in [5.74, 6) is 1.09. The number of aromatic nitrogens is 2. The maximum atomic E-state index is 5.34. The van der Waals surface area contributed by atoms with Crippen LogP contribution in [-0.4, -0.2) is 9.97 Å². The highest BCUT2D eigenvalue weighted by molar-refractivity contribution is 5.56. The zero-order valence-electron chi connectivity index (χ0n) is 8.27. The van der Waals surface area contributed by atoms with Crippen LogP contribution >= 0.6 is 0 Å². The van der Waals surface area contributed by atoms with Gasteiger partial charge in [0.05, 0.1) is 0 Å². The van der Waals surface area contributed by atoms with Crippen LogP contribution < -0.4 is 0 Å². The summed E-state index contributed by atoms with van der Waals surface area (Å²) >= 11 is 0. The number of nitrogens with zero attached hydrogens (tertiary/aromatic N) is 2. The van der Waals surface area contributed by atoms with Crippen molar-refractivity contribution in [2.45, 2.75) is 19.8 Å². The summed E-state index contributed by atoms with van der Waals surface area (Å²) in [6.07, 6.45) is 5.20. The van der Waals surface area contributed by atoms with Crippen LogP contribution in [0.2, 0.25) is 0 Å². The first-order valence-corrected chi connectivity index (χ1v) is 4.63. The molecular formula is C11H12N2O. The van der Waals surface area contributed by atoms with Crippen molar-refractivity contribution in [3.8, 4) is 11.3 Å². The molecule has 2 aromatic rings. The van der Waals surface area contributed by atoms with E-state index in [9.17, 15) is 0 Å². The van der Waals surface area contributed by atoms with Crippen molar-refractivity contribution in [2.75, 3.05) is 0 Å². The highest BCUT2D eigenvalue weighted by Crippen LogP contribution is 2.20. The molecule has 3 nitrogen and oxygen atoms in total. The molecule has 72 valence electrons. The Hall–Kier alpha value is -1.64. The van der Waals surface area contributed by atoms with Gasteiger partial charge < -0.3 is 4.42 Å². The molecule has 0 N–H and O–H groups in total. The maximum absolute atomic E-state index is 5.34. The largest absolute Gasteiger partial charge is 0.448 e. The molecule has 0 amide bonds. The lowest BCUT2D eigenvalue weighted by atomic mass is 10.2. The fraction of sp³-hybridized carbons (Fsp3) is 0.273. The van der Waals surface area contributed by atoms with Gasteiger partial charge in [-0.15, -0.1) is 0 Å². The monoisotopic (exact) mass is 188 g/mol. The summed E-state index contributed by atoms with van der Waals surface area (Å²) in [5.41, 5.74) is 1.84. The van der Waals surface area contributed by atoms with E-state index in [0.29, 0.717) is 5.92 Å². The molecule has 0 aliphatic rings. The predicted octanol–water partition coefficient (Wildman–Crippen LogP) is 2.86. The molecule has 0 aliphatic heterocycles. The van der Waals surface area contributed by atoms with Gasteiger partial charge >= 0.3 is 0 Å². The van der Waals surface area contributed by atoms with Crippen molar-refractivity contribution in [1.29, 1.82) is 0 Å². The molecular weight excluding hydrogens is 176 g/mol. The topological polar surface area (TPSA) is 38.9 Å². The summed E-state index contributed by atoms with van der Waals surface area (Å²) in [6.45, 7) is 4.11. The molecule has 0 spiro atoms. The number of hydrogen-bond donors (Lipinski definition) is 0. The molecule has 0 saturated heterocycles. The van der Waals surface area contributed by atoms with Crippen molar-refractivity contribution < 1.29 is 4.42 Å². The summed E-state index contributed by atoms with van der Waals surface area (Å²) in [7, 11) is 0. The van der Waals surface area contributed by atoms with Gasteiger partial charge in [-0.1, -0.05) is 13.8 Å². The third-order valence-corrected chi connectivity index (χ3v) is 1.97. The first-order chi connectivity index (χ1) is 6.77. The summed E-state index contributed by atoms with van der Waals surface area (Å²) in [4.78, 5) is 8.41. The number of pyridine rings is 1. The molecule has 0 unspecified atom stereocenters. The van der Waals surface area contributed by atoms with Gasteiger partial charge in [0.2, 0.25) is 0 Å². The Balaban J connectivity index is 2.34. The second kappa shape index (κ2) is 3.62. The molecule has 2 heterocycles. The van der Waals surface area contributed by atoms with Crippen LogP contribution in [0.25, 0.3) is 11.3 Å². The van der Waals surface area contributed by atoms with E-state index in [1.807, 2.05) is 12.1 Å². The summed E-state index contributed by atoms with van der Waals surface area (Å²) < 4.78 is 5.34. The molecule has 0 fully saturated rings. The van der Waals surface area contributed by atoms with E-state index >= 15 is 0 Å². The predicted molar refractivity (Wildman–Crippen MR) is 53.8 cm³/mol. The summed E-state index contributed by atoms with van der Waals surface area (Å²) in [6, 6.07) is 3.86. The third kappa shape index (κ3) is 1.66. The molecule has 0 aromatic carbocycles. The van der Waals surface area contributed by atoms with Crippen molar-refractivity contribution in [3.05, 3.63) is 36.7 Å². The van der Waals surface area contributed by atoms with Crippen LogP contribution in [0.4, 0.5) is 0 Å². The van der Waals surface area contributed by atoms with E-state index in [-0.39, 0.29) is 0 Å². The van der Waals surface area contributed by atoms with E-state index in [1.165, 1.54) is 0 Å². The molecule has 2 aromatic heterocycles. The smallest absolute Gasteiger partial charge is 0.197 e. The average Bonchev–Trinajstić information content (AvgIpc) is 2.68. The van der Waals surface area contributed by atoms with Gasteiger partial charge in [-0.2, -0.15) is 0 Å². The minimum atomic E-state index is 0.320. The molecule has 0 atom stereocenters. The van der Waals surface area contributed by atoms with Gasteiger partial charge in [-0.25, -0.2) is 4.98 Å². The minimum Gasteiger partial charge on any atom is -0.448 e. The van der Waals surface area contributed by atoms with Gasteiger partial charge in [0, 0.05) is 23.9 Å². The van der Waals surface area contributed by atoms with Gasteiger partial charge in [0.15, 0.2) is 5.89 Å². The Bertz CT molecular complexity index is 406. The van der Waals surface area contributed by atoms with E-state index in [1.54, 1.807) is 18.7 Å². The molecule has 2 rings (SSSR count). The van der Waals surface area contributed by atoms with Gasteiger partial charge in [0.25, 0.3) is 0 Å². The first kappa shape index (κ1) is 8.94. The van der Waals surface area contributed by atoms with Crippen LogP contribution in [0.3, 0.4) is 0 Å². The number of hydrogen-bond acceptors (Lipinski definition) is 3. The standard InChI is InChI=1S/C11H12N2O/c1-8(2)11-13-10(7-14-11)9-4-3-5-12-6-9/h3-8H,1-2H3. The second-order valence-electron chi connectivity index (χ2n) is 3.47. The maximum Gasteiger partial charge on any atom is 0.197 e. The third-order valence-electron chi connectivity index (χ3n) is 1.97. The number of oxazole rings is 1. The molecule has 0 aliphatic carbocycles. The molecule has 14 heavy (non-hydrogen) atoms. The zero-order valence-corrected chi connectivity index (χ0v) is 8.27. The molecule has 3 heteroatoms. The first-order valence-electron chi connectivity index (χ1n) is 4.63. The van der Waals surface area contributed by atoms with E-state index in [0.717, 1.165) is 17.1 Å². The lowest BCUT2D eigenvalue weighted by Gasteiger charge is -1.95. The summed E-state index contributed by atoms with van der Waals surface area (Å²) in [5, 5.41) is 0. The lowest BCUT2D eigenvalue weighted by Crippen LogP contribution is -1.86. The van der Waals surface area contributed by atoms with E-state index < -0.39 is 0 Å². The average molecular weight is 188 g/mol. The van der Waals surface area contributed by atoms with E-state index in [2.05, 4.69) is 23.8 Å². The zero-order chi connectivity index (χ0) is 9.97. The van der Waals surface area contributed by atoms with Crippen molar-refractivity contribution >= 4 is 0 Å². The highest BCUT2D eigenvalue weighted by Gasteiger charge is 2.08. The quantitative estimate of drug-likeness (QED) is 0.727. The Kier molecular flexibility index (Phi) is 2.31. The van der Waals surface area contributed by atoms with Crippen LogP contribution in [0.5, 0.6) is 0 Å². The Morgan fingerprint density at radius 2 is 2.21 bits per heavy atom. The second-order valence-corrected chi connectivity index (χ2v) is 3.47. The number of rotatable bonds is 2. The molecule has 0 bridgehead atoms. The van der Waals surface area contributed by atoms with E-state index in [4.69, 9.17) is 4.42 Å². The molecule has 0 radical (unpaired) electrons. The van der Waals surface area contributed by atoms with Crippen LogP contribution in [0.15, 0.2) is 35.2 Å². The van der Waals surface area contributed by atoms with Gasteiger partial charge in [0.1, 0.15) is 12.0 Å². The van der Waals surface area contributed by atoms with Crippen molar-refractivity contribution in [2.24, 2.45) is 0 Å². The van der Waals surface area contributed by atoms with Crippen molar-refractivity contribution in [3.63, 3.8) is 0 Å². The van der Waals surface area contributed by atoms with Crippen LogP contribution in [-0.2, 0) is 0 Å².